The zero-order chi connectivity index (χ0) is 15.1. The molecule has 6 heteroatoms. The molecule has 1 aromatic heterocycles. The third-order valence-electron chi connectivity index (χ3n) is 2.87. The zero-order valence-electron chi connectivity index (χ0n) is 12.0. The highest BCUT2D eigenvalue weighted by molar-refractivity contribution is 6.33. The van der Waals surface area contributed by atoms with Crippen molar-refractivity contribution < 1.29 is 4.74 Å². The molecular weight excluding hydrogens is 278 g/mol. The summed E-state index contributed by atoms with van der Waals surface area (Å²) in [6.45, 7) is 7.26. The van der Waals surface area contributed by atoms with Crippen LogP contribution >= 0.6 is 11.6 Å². The molecule has 20 heavy (non-hydrogen) atoms. The summed E-state index contributed by atoms with van der Waals surface area (Å²) in [6, 6.07) is -0.0122. The molecule has 0 aromatic carbocycles. The standard InChI is InChI=1S/C14H20ClN3O2/c1-5-7-18-14(19)13(11(15)8-16-18)17-12(10(3)4)9-20-6-2/h1,8,10,12,17H,6-7,9H2,2-4H3. The highest BCUT2D eigenvalue weighted by Gasteiger charge is 2.18. The van der Waals surface area contributed by atoms with Gasteiger partial charge in [-0.05, 0) is 12.8 Å². The number of rotatable bonds is 7. The van der Waals surface area contributed by atoms with E-state index in [1.54, 1.807) is 0 Å². The molecule has 1 heterocycles. The predicted molar refractivity (Wildman–Crippen MR) is 81.1 cm³/mol. The van der Waals surface area contributed by atoms with Crippen molar-refractivity contribution in [3.05, 3.63) is 21.6 Å². The second-order valence-corrected chi connectivity index (χ2v) is 5.10. The van der Waals surface area contributed by atoms with Crippen molar-refractivity contribution in [2.24, 2.45) is 5.92 Å². The van der Waals surface area contributed by atoms with Gasteiger partial charge in [-0.2, -0.15) is 5.10 Å². The molecule has 0 aliphatic rings. The van der Waals surface area contributed by atoms with Crippen LogP contribution in [-0.2, 0) is 11.3 Å². The Morgan fingerprint density at radius 2 is 2.30 bits per heavy atom. The second kappa shape index (κ2) is 7.93. The largest absolute Gasteiger partial charge is 0.380 e. The first-order valence-corrected chi connectivity index (χ1v) is 6.92. The van der Waals surface area contributed by atoms with Crippen LogP contribution in [0.2, 0.25) is 5.02 Å². The minimum atomic E-state index is -0.322. The molecule has 0 spiro atoms. The summed E-state index contributed by atoms with van der Waals surface area (Å²) in [5, 5.41) is 7.33. The van der Waals surface area contributed by atoms with Gasteiger partial charge in [-0.3, -0.25) is 4.79 Å². The minimum Gasteiger partial charge on any atom is -0.380 e. The van der Waals surface area contributed by atoms with Crippen molar-refractivity contribution in [2.45, 2.75) is 33.4 Å². The molecule has 0 saturated carbocycles. The number of anilines is 1. The predicted octanol–water partition coefficient (Wildman–Crippen LogP) is 2.00. The minimum absolute atomic E-state index is 0.0122. The lowest BCUT2D eigenvalue weighted by Crippen LogP contribution is -2.35. The number of nitrogens with one attached hydrogen (secondary N) is 1. The molecule has 0 amide bonds. The average Bonchev–Trinajstić information content (AvgIpc) is 2.41. The highest BCUT2D eigenvalue weighted by Crippen LogP contribution is 2.18. The molecular formula is C14H20ClN3O2. The molecule has 1 N–H and O–H groups in total. The van der Waals surface area contributed by atoms with Gasteiger partial charge in [-0.25, -0.2) is 4.68 Å². The third-order valence-corrected chi connectivity index (χ3v) is 3.16. The van der Waals surface area contributed by atoms with Gasteiger partial charge in [0.1, 0.15) is 12.2 Å². The van der Waals surface area contributed by atoms with E-state index in [0.717, 1.165) is 0 Å². The van der Waals surface area contributed by atoms with Gasteiger partial charge >= 0.3 is 0 Å². The number of halogens is 1. The molecule has 0 saturated heterocycles. The van der Waals surface area contributed by atoms with E-state index in [2.05, 4.69) is 16.3 Å². The fourth-order valence-electron chi connectivity index (χ4n) is 1.63. The topological polar surface area (TPSA) is 56.1 Å². The molecule has 5 nitrogen and oxygen atoms in total. The van der Waals surface area contributed by atoms with Gasteiger partial charge in [-0.1, -0.05) is 31.4 Å². The summed E-state index contributed by atoms with van der Waals surface area (Å²) >= 11 is 6.05. The number of aromatic nitrogens is 2. The van der Waals surface area contributed by atoms with E-state index in [4.69, 9.17) is 22.8 Å². The van der Waals surface area contributed by atoms with E-state index in [9.17, 15) is 4.79 Å². The van der Waals surface area contributed by atoms with Crippen molar-refractivity contribution in [2.75, 3.05) is 18.5 Å². The van der Waals surface area contributed by atoms with Crippen molar-refractivity contribution >= 4 is 17.3 Å². The van der Waals surface area contributed by atoms with Gasteiger partial charge in [-0.15, -0.1) is 6.42 Å². The van der Waals surface area contributed by atoms with Gasteiger partial charge in [0.05, 0.1) is 23.9 Å². The van der Waals surface area contributed by atoms with Crippen LogP contribution in [0.25, 0.3) is 0 Å². The number of hydrogen-bond donors (Lipinski definition) is 1. The Labute approximate surface area is 124 Å². The molecule has 0 radical (unpaired) electrons. The van der Waals surface area contributed by atoms with Crippen molar-refractivity contribution in [3.63, 3.8) is 0 Å². The van der Waals surface area contributed by atoms with E-state index in [0.29, 0.717) is 18.9 Å². The van der Waals surface area contributed by atoms with E-state index < -0.39 is 0 Å². The molecule has 110 valence electrons. The summed E-state index contributed by atoms with van der Waals surface area (Å²) in [5.41, 5.74) is -0.00656. The van der Waals surface area contributed by atoms with Crippen LogP contribution in [0.3, 0.4) is 0 Å². The first-order chi connectivity index (χ1) is 9.51. The molecule has 1 atom stereocenters. The molecule has 0 fully saturated rings. The SMILES string of the molecule is C#CCn1ncc(Cl)c(NC(COCC)C(C)C)c1=O. The van der Waals surface area contributed by atoms with Gasteiger partial charge in [0.2, 0.25) is 0 Å². The summed E-state index contributed by atoms with van der Waals surface area (Å²) in [6.07, 6.45) is 6.63. The van der Waals surface area contributed by atoms with Crippen LogP contribution in [0.5, 0.6) is 0 Å². The summed E-state index contributed by atoms with van der Waals surface area (Å²) in [4.78, 5) is 12.2. The van der Waals surface area contributed by atoms with Gasteiger partial charge in [0.15, 0.2) is 0 Å². The fourth-order valence-corrected chi connectivity index (χ4v) is 1.81. The Morgan fingerprint density at radius 1 is 1.60 bits per heavy atom. The summed E-state index contributed by atoms with van der Waals surface area (Å²) < 4.78 is 6.62. The van der Waals surface area contributed by atoms with Crippen LogP contribution in [0, 0.1) is 18.3 Å². The van der Waals surface area contributed by atoms with Crippen LogP contribution in [0.4, 0.5) is 5.69 Å². The number of hydrogen-bond acceptors (Lipinski definition) is 4. The maximum atomic E-state index is 12.2. The fraction of sp³-hybridized carbons (Fsp3) is 0.571. The molecule has 0 bridgehead atoms. The van der Waals surface area contributed by atoms with Crippen molar-refractivity contribution in [1.82, 2.24) is 9.78 Å². The number of terminal acetylenes is 1. The van der Waals surface area contributed by atoms with Gasteiger partial charge in [0.25, 0.3) is 5.56 Å². The van der Waals surface area contributed by atoms with E-state index in [1.165, 1.54) is 10.9 Å². The van der Waals surface area contributed by atoms with E-state index >= 15 is 0 Å². The quantitative estimate of drug-likeness (QED) is 0.782. The average molecular weight is 298 g/mol. The highest BCUT2D eigenvalue weighted by atomic mass is 35.5. The number of ether oxygens (including phenoxy) is 1. The molecule has 1 aromatic rings. The van der Waals surface area contributed by atoms with Crippen LogP contribution < -0.4 is 10.9 Å². The van der Waals surface area contributed by atoms with Crippen LogP contribution in [0.15, 0.2) is 11.0 Å². The maximum absolute atomic E-state index is 12.2. The first kappa shape index (κ1) is 16.5. The lowest BCUT2D eigenvalue weighted by Gasteiger charge is -2.23. The molecule has 1 unspecified atom stereocenters. The Kier molecular flexibility index (Phi) is 6.56. The molecule has 0 aliphatic heterocycles. The lowest BCUT2D eigenvalue weighted by atomic mass is 10.1. The Balaban J connectivity index is 3.03. The Morgan fingerprint density at radius 3 is 2.85 bits per heavy atom. The second-order valence-electron chi connectivity index (χ2n) is 4.69. The first-order valence-electron chi connectivity index (χ1n) is 6.54. The molecule has 0 aliphatic carbocycles. The Bertz CT molecular complexity index is 534. The maximum Gasteiger partial charge on any atom is 0.292 e. The van der Waals surface area contributed by atoms with Gasteiger partial charge < -0.3 is 10.1 Å². The zero-order valence-corrected chi connectivity index (χ0v) is 12.8. The number of nitrogens with zero attached hydrogens (tertiary/aromatic N) is 2. The monoisotopic (exact) mass is 297 g/mol. The molecule has 1 rings (SSSR count). The van der Waals surface area contributed by atoms with Gasteiger partial charge in [0, 0.05) is 6.61 Å². The summed E-state index contributed by atoms with van der Waals surface area (Å²) in [7, 11) is 0. The Hall–Kier alpha value is -1.51. The smallest absolute Gasteiger partial charge is 0.292 e. The van der Waals surface area contributed by atoms with E-state index in [-0.39, 0.29) is 29.1 Å². The van der Waals surface area contributed by atoms with Crippen LogP contribution in [0.1, 0.15) is 20.8 Å². The third kappa shape index (κ3) is 4.26. The van der Waals surface area contributed by atoms with E-state index in [1.807, 2.05) is 20.8 Å². The lowest BCUT2D eigenvalue weighted by molar-refractivity contribution is 0.126. The van der Waals surface area contributed by atoms with Crippen LogP contribution in [-0.4, -0.2) is 29.0 Å². The van der Waals surface area contributed by atoms with Crippen molar-refractivity contribution in [1.29, 1.82) is 0 Å². The van der Waals surface area contributed by atoms with Crippen molar-refractivity contribution in [3.8, 4) is 12.3 Å². The summed E-state index contributed by atoms with van der Waals surface area (Å²) in [5.74, 6) is 2.67. The normalized spacial score (nSPS) is 12.2.